The molecule has 0 unspecified atom stereocenters. The third-order valence-corrected chi connectivity index (χ3v) is 10.6. The van der Waals surface area contributed by atoms with Gasteiger partial charge in [0.15, 0.2) is 0 Å². The first-order valence-electron chi connectivity index (χ1n) is 15.2. The van der Waals surface area contributed by atoms with Crippen LogP contribution in [0.1, 0.15) is 36.1 Å². The molecular weight excluding hydrogens is 677 g/mol. The number of aryl methyl sites for hydroxylation is 1. The number of nitrogens with one attached hydrogen (secondary N) is 1. The Morgan fingerprint density at radius 3 is 2.11 bits per heavy atom. The van der Waals surface area contributed by atoms with E-state index < -0.39 is 28.5 Å². The summed E-state index contributed by atoms with van der Waals surface area (Å²) in [6.45, 7) is 7.28. The molecule has 0 aromatic heterocycles. The highest BCUT2D eigenvalue weighted by Crippen LogP contribution is 2.32. The molecule has 2 amide bonds. The van der Waals surface area contributed by atoms with E-state index in [1.165, 1.54) is 17.0 Å². The summed E-state index contributed by atoms with van der Waals surface area (Å²) in [6, 6.07) is 24.7. The molecule has 0 radical (unpaired) electrons. The van der Waals surface area contributed by atoms with Crippen LogP contribution in [0.15, 0.2) is 95.9 Å². The maximum Gasteiger partial charge on any atom is 0.264 e. The van der Waals surface area contributed by atoms with Gasteiger partial charge in [-0.3, -0.25) is 13.9 Å². The number of benzene rings is 4. The standard InChI is InChI=1S/C36H38Cl3N3O4S/c1-24(2)21-40-36(44)34(20-27-9-6-5-7-10-27)41(22-28-15-18-31(38)32(39)19-28)35(43)23-42(33-12-8-11-30(37)26(33)4)47(45,46)29-16-13-25(3)14-17-29/h5-19,24,34H,20-23H2,1-4H3,(H,40,44)/t34-/m0/s1. The normalized spacial score (nSPS) is 12.1. The molecule has 1 atom stereocenters. The number of halogens is 3. The summed E-state index contributed by atoms with van der Waals surface area (Å²) in [5.74, 6) is -0.786. The van der Waals surface area contributed by atoms with E-state index >= 15 is 0 Å². The number of hydrogen-bond donors (Lipinski definition) is 1. The minimum Gasteiger partial charge on any atom is -0.354 e. The van der Waals surface area contributed by atoms with Crippen molar-refractivity contribution in [3.63, 3.8) is 0 Å². The van der Waals surface area contributed by atoms with Crippen molar-refractivity contribution in [1.29, 1.82) is 0 Å². The zero-order valence-corrected chi connectivity index (χ0v) is 29.8. The van der Waals surface area contributed by atoms with Gasteiger partial charge in [0.1, 0.15) is 12.6 Å². The van der Waals surface area contributed by atoms with Crippen LogP contribution in [0.4, 0.5) is 5.69 Å². The van der Waals surface area contributed by atoms with E-state index in [2.05, 4.69) is 5.32 Å². The van der Waals surface area contributed by atoms with Crippen molar-refractivity contribution in [1.82, 2.24) is 10.2 Å². The van der Waals surface area contributed by atoms with Gasteiger partial charge in [-0.25, -0.2) is 8.42 Å². The van der Waals surface area contributed by atoms with Gasteiger partial charge in [0, 0.05) is 24.5 Å². The Hall–Kier alpha value is -3.56. The molecule has 0 heterocycles. The highest BCUT2D eigenvalue weighted by molar-refractivity contribution is 7.92. The van der Waals surface area contributed by atoms with Gasteiger partial charge < -0.3 is 10.2 Å². The average Bonchev–Trinajstić information content (AvgIpc) is 3.04. The zero-order chi connectivity index (χ0) is 34.3. The van der Waals surface area contributed by atoms with Crippen molar-refractivity contribution in [2.75, 3.05) is 17.4 Å². The van der Waals surface area contributed by atoms with Crippen molar-refractivity contribution in [3.8, 4) is 0 Å². The maximum absolute atomic E-state index is 14.6. The molecular formula is C36H38Cl3N3O4S. The fourth-order valence-corrected chi connectivity index (χ4v) is 6.99. The van der Waals surface area contributed by atoms with Crippen molar-refractivity contribution >= 4 is 62.3 Å². The number of carbonyl (C=O) groups is 2. The van der Waals surface area contributed by atoms with Crippen molar-refractivity contribution in [2.45, 2.75) is 51.6 Å². The molecule has 4 aromatic carbocycles. The number of anilines is 1. The molecule has 11 heteroatoms. The smallest absolute Gasteiger partial charge is 0.264 e. The van der Waals surface area contributed by atoms with Crippen LogP contribution in [-0.2, 0) is 32.6 Å². The average molecular weight is 715 g/mol. The summed E-state index contributed by atoms with van der Waals surface area (Å²) in [4.78, 5) is 30.0. The Kier molecular flexibility index (Phi) is 12.4. The van der Waals surface area contributed by atoms with Crippen LogP contribution < -0.4 is 9.62 Å². The van der Waals surface area contributed by atoms with Crippen LogP contribution in [0, 0.1) is 19.8 Å². The van der Waals surface area contributed by atoms with E-state index in [1.807, 2.05) is 51.1 Å². The minimum atomic E-state index is -4.26. The van der Waals surface area contributed by atoms with Crippen molar-refractivity contribution in [2.24, 2.45) is 5.92 Å². The van der Waals surface area contributed by atoms with E-state index in [0.29, 0.717) is 32.7 Å². The lowest BCUT2D eigenvalue weighted by Crippen LogP contribution is -2.53. The fraction of sp³-hybridized carbons (Fsp3) is 0.278. The topological polar surface area (TPSA) is 86.8 Å². The van der Waals surface area contributed by atoms with E-state index in [1.54, 1.807) is 55.5 Å². The van der Waals surface area contributed by atoms with E-state index in [0.717, 1.165) is 15.4 Å². The number of amides is 2. The summed E-state index contributed by atoms with van der Waals surface area (Å²) >= 11 is 19.0. The molecule has 0 aliphatic rings. The molecule has 1 N–H and O–H groups in total. The summed E-state index contributed by atoms with van der Waals surface area (Å²) in [6.07, 6.45) is 0.193. The Bertz CT molecular complexity index is 1820. The molecule has 0 saturated carbocycles. The van der Waals surface area contributed by atoms with Gasteiger partial charge in [0.05, 0.1) is 20.6 Å². The van der Waals surface area contributed by atoms with Gasteiger partial charge in [0.25, 0.3) is 10.0 Å². The third kappa shape index (κ3) is 9.29. The summed E-state index contributed by atoms with van der Waals surface area (Å²) in [5.41, 5.74) is 3.08. The predicted octanol–water partition coefficient (Wildman–Crippen LogP) is 7.87. The van der Waals surface area contributed by atoms with Gasteiger partial charge >= 0.3 is 0 Å². The second-order valence-electron chi connectivity index (χ2n) is 11.8. The Balaban J connectivity index is 1.84. The lowest BCUT2D eigenvalue weighted by molar-refractivity contribution is -0.140. The summed E-state index contributed by atoms with van der Waals surface area (Å²) in [5, 5.41) is 3.96. The molecule has 0 aliphatic heterocycles. The molecule has 0 spiro atoms. The molecule has 0 fully saturated rings. The Morgan fingerprint density at radius 2 is 1.47 bits per heavy atom. The Labute approximate surface area is 292 Å². The van der Waals surface area contributed by atoms with Crippen LogP contribution >= 0.6 is 34.8 Å². The van der Waals surface area contributed by atoms with Crippen molar-refractivity contribution in [3.05, 3.63) is 128 Å². The molecule has 4 rings (SSSR count). The van der Waals surface area contributed by atoms with Crippen LogP contribution in [0.25, 0.3) is 0 Å². The first-order valence-corrected chi connectivity index (χ1v) is 17.7. The second kappa shape index (κ2) is 16.0. The first kappa shape index (κ1) is 36.3. The Morgan fingerprint density at radius 1 is 0.787 bits per heavy atom. The molecule has 7 nitrogen and oxygen atoms in total. The molecule has 0 aliphatic carbocycles. The minimum absolute atomic E-state index is 0.0156. The largest absolute Gasteiger partial charge is 0.354 e. The molecule has 47 heavy (non-hydrogen) atoms. The number of hydrogen-bond acceptors (Lipinski definition) is 4. The summed E-state index contributed by atoms with van der Waals surface area (Å²) in [7, 11) is -4.26. The SMILES string of the molecule is Cc1ccc(S(=O)(=O)N(CC(=O)N(Cc2ccc(Cl)c(Cl)c2)[C@@H](Cc2ccccc2)C(=O)NCC(C)C)c2cccc(Cl)c2C)cc1. The van der Waals surface area contributed by atoms with Gasteiger partial charge in [-0.2, -0.15) is 0 Å². The van der Waals surface area contributed by atoms with Gasteiger partial charge in [-0.05, 0) is 72.9 Å². The highest BCUT2D eigenvalue weighted by atomic mass is 35.5. The second-order valence-corrected chi connectivity index (χ2v) is 14.9. The van der Waals surface area contributed by atoms with Gasteiger partial charge in [-0.1, -0.05) is 109 Å². The van der Waals surface area contributed by atoms with E-state index in [9.17, 15) is 18.0 Å². The van der Waals surface area contributed by atoms with Crippen LogP contribution in [0.5, 0.6) is 0 Å². The predicted molar refractivity (Wildman–Crippen MR) is 191 cm³/mol. The van der Waals surface area contributed by atoms with Gasteiger partial charge in [-0.15, -0.1) is 0 Å². The third-order valence-electron chi connectivity index (χ3n) is 7.69. The maximum atomic E-state index is 14.6. The summed E-state index contributed by atoms with van der Waals surface area (Å²) < 4.78 is 29.6. The molecule has 0 bridgehead atoms. The quantitative estimate of drug-likeness (QED) is 0.153. The zero-order valence-electron chi connectivity index (χ0n) is 26.7. The lowest BCUT2D eigenvalue weighted by atomic mass is 10.0. The fourth-order valence-electron chi connectivity index (χ4n) is 5.03. The van der Waals surface area contributed by atoms with Crippen molar-refractivity contribution < 1.29 is 18.0 Å². The van der Waals surface area contributed by atoms with Crippen LogP contribution in [-0.4, -0.2) is 44.3 Å². The molecule has 4 aromatic rings. The number of nitrogens with zero attached hydrogens (tertiary/aromatic N) is 2. The van der Waals surface area contributed by atoms with E-state index in [-0.39, 0.29) is 35.4 Å². The van der Waals surface area contributed by atoms with Gasteiger partial charge in [0.2, 0.25) is 11.8 Å². The number of carbonyl (C=O) groups excluding carboxylic acids is 2. The van der Waals surface area contributed by atoms with Crippen LogP contribution in [0.2, 0.25) is 15.1 Å². The number of sulfonamides is 1. The molecule has 0 saturated heterocycles. The number of rotatable bonds is 13. The lowest BCUT2D eigenvalue weighted by Gasteiger charge is -2.34. The van der Waals surface area contributed by atoms with E-state index in [4.69, 9.17) is 34.8 Å². The van der Waals surface area contributed by atoms with Crippen LogP contribution in [0.3, 0.4) is 0 Å². The molecule has 248 valence electrons. The first-order chi connectivity index (χ1) is 22.3. The highest BCUT2D eigenvalue weighted by Gasteiger charge is 2.35. The monoisotopic (exact) mass is 713 g/mol.